The molecule has 7 nitrogen and oxygen atoms in total. The average molecular weight is 432 g/mol. The molecule has 1 amide bonds. The number of hydrogen-bond donors (Lipinski definition) is 1. The molecule has 3 rings (SSSR count). The molecule has 0 aromatic carbocycles. The number of rotatable bonds is 11. The summed E-state index contributed by atoms with van der Waals surface area (Å²) >= 11 is 0. The smallest absolute Gasteiger partial charge is 0.232 e. The Labute approximate surface area is 180 Å². The quantitative estimate of drug-likeness (QED) is 0.551. The van der Waals surface area contributed by atoms with E-state index in [4.69, 9.17) is 9.15 Å². The van der Waals surface area contributed by atoms with Crippen molar-refractivity contribution in [1.82, 2.24) is 15.2 Å². The number of nitrogens with zero attached hydrogens (tertiary/aromatic N) is 2. The maximum Gasteiger partial charge on any atom is 0.232 e. The predicted molar refractivity (Wildman–Crippen MR) is 116 cm³/mol. The Morgan fingerprint density at radius 2 is 2.10 bits per heavy atom. The van der Waals surface area contributed by atoms with Gasteiger partial charge >= 0.3 is 0 Å². The third kappa shape index (κ3) is 7.76. The van der Waals surface area contributed by atoms with Crippen molar-refractivity contribution in [2.24, 2.45) is 0 Å². The zero-order valence-corrected chi connectivity index (χ0v) is 17.9. The summed E-state index contributed by atoms with van der Waals surface area (Å²) in [6.45, 7) is 3.85. The Hall–Kier alpha value is -2.45. The number of amides is 1. The molecular weight excluding hydrogens is 402 g/mol. The summed E-state index contributed by atoms with van der Waals surface area (Å²) in [5.41, 5.74) is 1.10. The van der Waals surface area contributed by atoms with Crippen LogP contribution in [0, 0.1) is 0 Å². The number of pyridine rings is 1. The Kier molecular flexibility index (Phi) is 9.11. The number of carbonyl (C=O) groups is 1. The molecule has 2 aromatic rings. The molecule has 0 unspecified atom stereocenters. The third-order valence-electron chi connectivity index (χ3n) is 4.77. The van der Waals surface area contributed by atoms with Crippen molar-refractivity contribution in [3.8, 4) is 5.88 Å². The highest BCUT2D eigenvalue weighted by molar-refractivity contribution is 7.84. The van der Waals surface area contributed by atoms with Crippen molar-refractivity contribution < 1.29 is 18.2 Å². The lowest BCUT2D eigenvalue weighted by Crippen LogP contribution is -2.29. The van der Waals surface area contributed by atoms with Gasteiger partial charge in [0, 0.05) is 35.6 Å². The first-order chi connectivity index (χ1) is 14.7. The van der Waals surface area contributed by atoms with Gasteiger partial charge in [0.25, 0.3) is 0 Å². The van der Waals surface area contributed by atoms with Crippen molar-refractivity contribution in [3.05, 3.63) is 60.2 Å². The van der Waals surface area contributed by atoms with Crippen molar-refractivity contribution in [1.29, 1.82) is 0 Å². The minimum atomic E-state index is -1.29. The number of furan rings is 1. The van der Waals surface area contributed by atoms with E-state index in [0.29, 0.717) is 24.8 Å². The van der Waals surface area contributed by atoms with Gasteiger partial charge in [0.05, 0.1) is 12.0 Å². The van der Waals surface area contributed by atoms with Gasteiger partial charge in [0.2, 0.25) is 11.8 Å². The van der Waals surface area contributed by atoms with Crippen LogP contribution in [-0.2, 0) is 27.9 Å². The van der Waals surface area contributed by atoms with Gasteiger partial charge in [0.15, 0.2) is 0 Å². The highest BCUT2D eigenvalue weighted by atomic mass is 32.2. The van der Waals surface area contributed by atoms with Crippen LogP contribution in [0.1, 0.15) is 30.6 Å². The molecular formula is C22H29N3O4S. The summed E-state index contributed by atoms with van der Waals surface area (Å²) in [5.74, 6) is 1.23. The molecule has 0 bridgehead atoms. The first-order valence-electron chi connectivity index (χ1n) is 10.3. The van der Waals surface area contributed by atoms with Gasteiger partial charge in [0.1, 0.15) is 18.1 Å². The summed E-state index contributed by atoms with van der Waals surface area (Å²) in [4.78, 5) is 18.7. The number of ether oxygens (including phenoxy) is 1. The van der Waals surface area contributed by atoms with Crippen molar-refractivity contribution >= 4 is 16.7 Å². The molecule has 0 aliphatic carbocycles. The number of carbonyl (C=O) groups excluding carboxylic acids is 1. The fraction of sp³-hybridized carbons (Fsp3) is 0.455. The molecule has 1 atom stereocenters. The van der Waals surface area contributed by atoms with E-state index in [0.717, 1.165) is 25.2 Å². The molecule has 8 heteroatoms. The maximum absolute atomic E-state index is 11.9. The van der Waals surface area contributed by atoms with E-state index in [2.05, 4.69) is 21.3 Å². The number of nitrogens with one attached hydrogen (secondary N) is 1. The molecule has 0 saturated carbocycles. The number of piperidine rings is 1. The Balaban J connectivity index is 1.34. The minimum absolute atomic E-state index is 0.0428. The second-order valence-electron chi connectivity index (χ2n) is 7.20. The summed E-state index contributed by atoms with van der Waals surface area (Å²) in [6.07, 6.45) is 10.7. The molecule has 1 N–H and O–H groups in total. The van der Waals surface area contributed by atoms with Crippen LogP contribution < -0.4 is 10.1 Å². The molecule has 30 heavy (non-hydrogen) atoms. The molecule has 0 radical (unpaired) electrons. The monoisotopic (exact) mass is 431 g/mol. The molecule has 3 heterocycles. The SMILES string of the molecule is O=C(C[S@@](=O)Cc1ccco1)NC/C=C\COc1ncccc1CN1CCCCC1. The van der Waals surface area contributed by atoms with Crippen LogP contribution in [0.15, 0.2) is 53.3 Å². The summed E-state index contributed by atoms with van der Waals surface area (Å²) in [5, 5.41) is 2.73. The normalized spacial score (nSPS) is 15.9. The maximum atomic E-state index is 11.9. The van der Waals surface area contributed by atoms with E-state index in [1.807, 2.05) is 18.2 Å². The predicted octanol–water partition coefficient (Wildman–Crippen LogP) is 2.66. The van der Waals surface area contributed by atoms with Gasteiger partial charge in [-0.3, -0.25) is 13.9 Å². The van der Waals surface area contributed by atoms with E-state index < -0.39 is 10.8 Å². The Morgan fingerprint density at radius 3 is 2.90 bits per heavy atom. The fourth-order valence-corrected chi connectivity index (χ4v) is 4.26. The lowest BCUT2D eigenvalue weighted by Gasteiger charge is -2.26. The second-order valence-corrected chi connectivity index (χ2v) is 8.66. The molecule has 1 aliphatic rings. The molecule has 1 aliphatic heterocycles. The molecule has 162 valence electrons. The van der Waals surface area contributed by atoms with Crippen LogP contribution in [0.2, 0.25) is 0 Å². The summed E-state index contributed by atoms with van der Waals surface area (Å²) in [7, 11) is -1.29. The lowest BCUT2D eigenvalue weighted by molar-refractivity contribution is -0.118. The molecule has 1 saturated heterocycles. The van der Waals surface area contributed by atoms with E-state index in [9.17, 15) is 9.00 Å². The molecule has 0 spiro atoms. The van der Waals surface area contributed by atoms with Gasteiger partial charge < -0.3 is 14.5 Å². The molecule has 1 fully saturated rings. The van der Waals surface area contributed by atoms with Gasteiger partial charge in [-0.2, -0.15) is 0 Å². The van der Waals surface area contributed by atoms with Crippen LogP contribution in [-0.4, -0.2) is 52.0 Å². The van der Waals surface area contributed by atoms with E-state index in [-0.39, 0.29) is 17.4 Å². The van der Waals surface area contributed by atoms with Crippen LogP contribution >= 0.6 is 0 Å². The van der Waals surface area contributed by atoms with Gasteiger partial charge in [-0.05, 0) is 50.2 Å². The van der Waals surface area contributed by atoms with Crippen LogP contribution in [0.3, 0.4) is 0 Å². The second kappa shape index (κ2) is 12.3. The summed E-state index contributed by atoms with van der Waals surface area (Å²) in [6, 6.07) is 7.48. The Bertz CT molecular complexity index is 833. The zero-order valence-electron chi connectivity index (χ0n) is 17.1. The molecule has 2 aromatic heterocycles. The topological polar surface area (TPSA) is 84.7 Å². The zero-order chi connectivity index (χ0) is 21.0. The fourth-order valence-electron chi connectivity index (χ4n) is 3.29. The van der Waals surface area contributed by atoms with Crippen LogP contribution in [0.4, 0.5) is 0 Å². The first-order valence-corrected chi connectivity index (χ1v) is 11.8. The number of aromatic nitrogens is 1. The number of likely N-dealkylation sites (tertiary alicyclic amines) is 1. The van der Waals surface area contributed by atoms with Gasteiger partial charge in [-0.15, -0.1) is 0 Å². The third-order valence-corrected chi connectivity index (χ3v) is 5.96. The first kappa shape index (κ1) is 22.2. The lowest BCUT2D eigenvalue weighted by atomic mass is 10.1. The van der Waals surface area contributed by atoms with Crippen LogP contribution in [0.5, 0.6) is 5.88 Å². The largest absolute Gasteiger partial charge is 0.473 e. The van der Waals surface area contributed by atoms with Gasteiger partial charge in [-0.25, -0.2) is 4.98 Å². The van der Waals surface area contributed by atoms with Crippen LogP contribution in [0.25, 0.3) is 0 Å². The Morgan fingerprint density at radius 1 is 1.23 bits per heavy atom. The van der Waals surface area contributed by atoms with Crippen molar-refractivity contribution in [3.63, 3.8) is 0 Å². The van der Waals surface area contributed by atoms with Gasteiger partial charge in [-0.1, -0.05) is 18.6 Å². The minimum Gasteiger partial charge on any atom is -0.473 e. The van der Waals surface area contributed by atoms with Crippen molar-refractivity contribution in [2.45, 2.75) is 31.6 Å². The van der Waals surface area contributed by atoms with E-state index in [1.165, 1.54) is 25.5 Å². The number of hydrogen-bond acceptors (Lipinski definition) is 6. The van der Waals surface area contributed by atoms with E-state index >= 15 is 0 Å². The summed E-state index contributed by atoms with van der Waals surface area (Å²) < 4.78 is 22.9. The average Bonchev–Trinajstić information content (AvgIpc) is 3.25. The van der Waals surface area contributed by atoms with Crippen molar-refractivity contribution in [2.75, 3.05) is 32.0 Å². The standard InChI is InChI=1S/C22H29N3O4S/c26-21(18-30(27)17-20-9-7-15-28-20)23-10-2-5-14-29-22-19(8-6-11-24-22)16-25-12-3-1-4-13-25/h2,5-9,11,15H,1,3-4,10,12-14,16-18H2,(H,23,26)/b5-2-/t30-/m0/s1. The highest BCUT2D eigenvalue weighted by Crippen LogP contribution is 2.19. The van der Waals surface area contributed by atoms with E-state index in [1.54, 1.807) is 18.3 Å². The highest BCUT2D eigenvalue weighted by Gasteiger charge is 2.13.